The van der Waals surface area contributed by atoms with Crippen molar-refractivity contribution in [2.24, 2.45) is 0 Å². The van der Waals surface area contributed by atoms with Crippen molar-refractivity contribution in [2.75, 3.05) is 16.7 Å². The Hall–Kier alpha value is -3.09. The molecule has 186 valence electrons. The van der Waals surface area contributed by atoms with Crippen molar-refractivity contribution in [3.05, 3.63) is 70.6 Å². The average Bonchev–Trinajstić information content (AvgIpc) is 2.73. The van der Waals surface area contributed by atoms with Crippen molar-refractivity contribution in [3.8, 4) is 0 Å². The molecule has 0 saturated carbocycles. The molecular formula is C21H19F7N2O3S. The third-order valence-corrected chi connectivity index (χ3v) is 6.41. The molecule has 1 amide bonds. The van der Waals surface area contributed by atoms with E-state index in [1.807, 2.05) is 0 Å². The van der Waals surface area contributed by atoms with Gasteiger partial charge in [0.1, 0.15) is 0 Å². The Morgan fingerprint density at radius 2 is 1.47 bits per heavy atom. The van der Waals surface area contributed by atoms with E-state index in [2.05, 4.69) is 11.9 Å². The standard InChI is InChI=1S/C21H19F7N2O3S/c1-5-34(32,33)30(4)16-8-6-7-14(11-16)18(31)29-17-12(2)9-15(10-13(17)3)19(22,20(23,24)25)21(26,27)28/h5-11H,1H2,2-4H3,(H,29,31). The molecule has 0 bridgehead atoms. The number of rotatable bonds is 6. The molecule has 5 nitrogen and oxygen atoms in total. The van der Waals surface area contributed by atoms with Crippen molar-refractivity contribution in [1.29, 1.82) is 0 Å². The van der Waals surface area contributed by atoms with E-state index >= 15 is 0 Å². The first-order valence-electron chi connectivity index (χ1n) is 9.33. The molecule has 0 aliphatic heterocycles. The maximum atomic E-state index is 14.4. The zero-order chi connectivity index (χ0) is 26.3. The largest absolute Gasteiger partial charge is 0.435 e. The van der Waals surface area contributed by atoms with Crippen LogP contribution in [0.15, 0.2) is 48.4 Å². The van der Waals surface area contributed by atoms with E-state index in [1.165, 1.54) is 31.3 Å². The second kappa shape index (κ2) is 8.93. The van der Waals surface area contributed by atoms with Crippen molar-refractivity contribution in [2.45, 2.75) is 31.9 Å². The lowest BCUT2D eigenvalue weighted by Gasteiger charge is -2.31. The number of anilines is 2. The summed E-state index contributed by atoms with van der Waals surface area (Å²) in [5.74, 6) is -0.830. The van der Waals surface area contributed by atoms with Crippen LogP contribution in [0, 0.1) is 13.8 Å². The Labute approximate surface area is 190 Å². The third-order valence-electron chi connectivity index (χ3n) is 5.01. The third kappa shape index (κ3) is 4.88. The fourth-order valence-electron chi connectivity index (χ4n) is 3.14. The van der Waals surface area contributed by atoms with Gasteiger partial charge in [0, 0.05) is 29.3 Å². The molecule has 0 heterocycles. The van der Waals surface area contributed by atoms with Gasteiger partial charge in [-0.1, -0.05) is 24.8 Å². The zero-order valence-corrected chi connectivity index (χ0v) is 18.8. The van der Waals surface area contributed by atoms with Gasteiger partial charge in [-0.25, -0.2) is 12.8 Å². The summed E-state index contributed by atoms with van der Waals surface area (Å²) >= 11 is 0. The van der Waals surface area contributed by atoms with Gasteiger partial charge in [0.15, 0.2) is 0 Å². The summed E-state index contributed by atoms with van der Waals surface area (Å²) < 4.78 is 118. The molecule has 0 saturated heterocycles. The number of hydrogen-bond acceptors (Lipinski definition) is 3. The molecule has 0 unspecified atom stereocenters. The van der Waals surface area contributed by atoms with Crippen molar-refractivity contribution in [1.82, 2.24) is 0 Å². The van der Waals surface area contributed by atoms with E-state index in [0.29, 0.717) is 17.5 Å². The van der Waals surface area contributed by atoms with E-state index in [0.717, 1.165) is 18.2 Å². The molecule has 0 aliphatic carbocycles. The molecular weight excluding hydrogens is 493 g/mol. The van der Waals surface area contributed by atoms with Gasteiger partial charge in [-0.2, -0.15) is 26.3 Å². The van der Waals surface area contributed by atoms with Gasteiger partial charge in [-0.3, -0.25) is 9.10 Å². The summed E-state index contributed by atoms with van der Waals surface area (Å²) in [5, 5.41) is 3.05. The highest BCUT2D eigenvalue weighted by atomic mass is 32.2. The first-order chi connectivity index (χ1) is 15.4. The highest BCUT2D eigenvalue weighted by molar-refractivity contribution is 7.95. The molecule has 34 heavy (non-hydrogen) atoms. The second-order valence-corrected chi connectivity index (χ2v) is 9.23. The Morgan fingerprint density at radius 3 is 1.91 bits per heavy atom. The molecule has 0 aromatic heterocycles. The zero-order valence-electron chi connectivity index (χ0n) is 18.0. The van der Waals surface area contributed by atoms with Crippen LogP contribution >= 0.6 is 0 Å². The van der Waals surface area contributed by atoms with Gasteiger partial charge in [0.05, 0.1) is 5.69 Å². The minimum atomic E-state index is -6.27. The van der Waals surface area contributed by atoms with E-state index in [4.69, 9.17) is 0 Å². The van der Waals surface area contributed by atoms with Crippen LogP contribution in [0.4, 0.5) is 42.1 Å². The highest BCUT2D eigenvalue weighted by Gasteiger charge is 2.73. The first-order valence-corrected chi connectivity index (χ1v) is 10.8. The summed E-state index contributed by atoms with van der Waals surface area (Å²) in [6.45, 7) is 5.41. The summed E-state index contributed by atoms with van der Waals surface area (Å²) in [6.07, 6.45) is -12.5. The number of amides is 1. The van der Waals surface area contributed by atoms with Gasteiger partial charge < -0.3 is 5.32 Å². The van der Waals surface area contributed by atoms with Crippen LogP contribution in [0.3, 0.4) is 0 Å². The normalized spacial score (nSPS) is 12.9. The lowest BCUT2D eigenvalue weighted by molar-refractivity contribution is -0.348. The molecule has 2 aromatic rings. The number of aryl methyl sites for hydroxylation is 2. The van der Waals surface area contributed by atoms with E-state index in [9.17, 15) is 43.9 Å². The fraction of sp³-hybridized carbons (Fsp3) is 0.286. The Bertz CT molecular complexity index is 1180. The number of alkyl halides is 7. The molecule has 1 N–H and O–H groups in total. The monoisotopic (exact) mass is 512 g/mol. The highest BCUT2D eigenvalue weighted by Crippen LogP contribution is 2.53. The summed E-state index contributed by atoms with van der Waals surface area (Å²) in [7, 11) is -2.65. The van der Waals surface area contributed by atoms with Crippen LogP contribution in [-0.2, 0) is 15.7 Å². The fourth-order valence-corrected chi connectivity index (χ4v) is 3.77. The van der Waals surface area contributed by atoms with Crippen LogP contribution in [0.1, 0.15) is 27.0 Å². The quantitative estimate of drug-likeness (QED) is 0.501. The molecule has 2 rings (SSSR count). The Kier molecular flexibility index (Phi) is 7.13. The number of benzene rings is 2. The SMILES string of the molecule is C=CS(=O)(=O)N(C)c1cccc(C(=O)Nc2c(C)cc(C(F)(C(F)(F)F)C(F)(F)F)cc2C)c1. The summed E-state index contributed by atoms with van der Waals surface area (Å²) in [4.78, 5) is 12.7. The Morgan fingerprint density at radius 1 is 0.971 bits per heavy atom. The predicted molar refractivity (Wildman–Crippen MR) is 113 cm³/mol. The minimum Gasteiger partial charge on any atom is -0.322 e. The minimum absolute atomic E-state index is 0.0584. The number of carbonyl (C=O) groups excluding carboxylic acids is 1. The topological polar surface area (TPSA) is 66.5 Å². The first kappa shape index (κ1) is 27.2. The van der Waals surface area contributed by atoms with Crippen molar-refractivity contribution >= 4 is 27.3 Å². The number of hydrogen-bond donors (Lipinski definition) is 1. The van der Waals surface area contributed by atoms with E-state index in [-0.39, 0.29) is 28.1 Å². The van der Waals surface area contributed by atoms with Crippen LogP contribution in [0.5, 0.6) is 0 Å². The van der Waals surface area contributed by atoms with E-state index in [1.54, 1.807) is 0 Å². The van der Waals surface area contributed by atoms with Gasteiger partial charge in [-0.15, -0.1) is 0 Å². The second-order valence-electron chi connectivity index (χ2n) is 7.32. The summed E-state index contributed by atoms with van der Waals surface area (Å²) in [5.41, 5.74) is -7.86. The lowest BCUT2D eigenvalue weighted by atomic mass is 9.90. The van der Waals surface area contributed by atoms with Crippen molar-refractivity contribution in [3.63, 3.8) is 0 Å². The molecule has 0 fully saturated rings. The van der Waals surface area contributed by atoms with Crippen LogP contribution in [0.25, 0.3) is 0 Å². The molecule has 0 radical (unpaired) electrons. The molecule has 0 spiro atoms. The maximum Gasteiger partial charge on any atom is 0.435 e. The average molecular weight is 512 g/mol. The smallest absolute Gasteiger partial charge is 0.322 e. The number of nitrogens with one attached hydrogen (secondary N) is 1. The van der Waals surface area contributed by atoms with Crippen molar-refractivity contribution < 1.29 is 43.9 Å². The lowest BCUT2D eigenvalue weighted by Crippen LogP contribution is -2.50. The van der Waals surface area contributed by atoms with Gasteiger partial charge in [0.2, 0.25) is 0 Å². The number of halogens is 7. The van der Waals surface area contributed by atoms with E-state index < -0.39 is 39.5 Å². The van der Waals surface area contributed by atoms with Crippen LogP contribution in [0.2, 0.25) is 0 Å². The van der Waals surface area contributed by atoms with Crippen LogP contribution < -0.4 is 9.62 Å². The maximum absolute atomic E-state index is 14.4. The molecule has 0 atom stereocenters. The van der Waals surface area contributed by atoms with Gasteiger partial charge in [0.25, 0.3) is 15.9 Å². The number of sulfonamides is 1. The number of nitrogens with zero attached hydrogens (tertiary/aromatic N) is 1. The van der Waals surface area contributed by atoms with Gasteiger partial charge in [-0.05, 0) is 43.2 Å². The Balaban J connectivity index is 2.46. The molecule has 13 heteroatoms. The molecule has 0 aliphatic rings. The molecule has 2 aromatic carbocycles. The number of carbonyl (C=O) groups is 1. The van der Waals surface area contributed by atoms with Gasteiger partial charge >= 0.3 is 18.0 Å². The summed E-state index contributed by atoms with van der Waals surface area (Å²) in [6, 6.07) is 6.00. The van der Waals surface area contributed by atoms with Crippen LogP contribution in [-0.4, -0.2) is 33.7 Å². The predicted octanol–water partition coefficient (Wildman–Crippen LogP) is 5.75.